The summed E-state index contributed by atoms with van der Waals surface area (Å²) < 4.78 is 4.98. The number of aliphatic carboxylic acids is 1. The zero-order valence-electron chi connectivity index (χ0n) is 11.0. The van der Waals surface area contributed by atoms with Crippen molar-refractivity contribution in [3.8, 4) is 5.75 Å². The van der Waals surface area contributed by atoms with E-state index in [1.165, 1.54) is 6.33 Å². The number of nitrogens with zero attached hydrogens (tertiary/aromatic N) is 1. The fraction of sp³-hybridized carbons (Fsp3) is 0.154. The van der Waals surface area contributed by atoms with Crippen LogP contribution in [0.4, 0.5) is 10.5 Å². The van der Waals surface area contributed by atoms with Crippen LogP contribution in [0.25, 0.3) is 0 Å². The Kier molecular flexibility index (Phi) is 4.75. The zero-order chi connectivity index (χ0) is 15.1. The summed E-state index contributed by atoms with van der Waals surface area (Å²) in [7, 11) is 0. The molecular weight excluding hydrogens is 276 g/mol. The van der Waals surface area contributed by atoms with E-state index in [-0.39, 0.29) is 6.03 Å². The zero-order valence-corrected chi connectivity index (χ0v) is 11.0. The van der Waals surface area contributed by atoms with Crippen molar-refractivity contribution in [2.75, 3.05) is 11.9 Å². The Balaban J connectivity index is 1.79. The summed E-state index contributed by atoms with van der Waals surface area (Å²) in [6, 6.07) is 6.03. The largest absolute Gasteiger partial charge is 0.482 e. The van der Waals surface area contributed by atoms with Crippen LogP contribution in [0.2, 0.25) is 0 Å². The molecule has 1 heterocycles. The van der Waals surface area contributed by atoms with Crippen molar-refractivity contribution in [2.45, 2.75) is 6.54 Å². The molecule has 21 heavy (non-hydrogen) atoms. The van der Waals surface area contributed by atoms with E-state index in [1.807, 2.05) is 0 Å². The number of hydrogen-bond donors (Lipinski definition) is 4. The van der Waals surface area contributed by atoms with Gasteiger partial charge in [-0.25, -0.2) is 14.6 Å². The molecule has 0 radical (unpaired) electrons. The molecule has 2 aromatic rings. The van der Waals surface area contributed by atoms with E-state index in [9.17, 15) is 9.59 Å². The summed E-state index contributed by atoms with van der Waals surface area (Å²) in [6.45, 7) is -0.0664. The topological polar surface area (TPSA) is 116 Å². The number of nitrogens with one attached hydrogen (secondary N) is 3. The Morgan fingerprint density at radius 3 is 2.67 bits per heavy atom. The molecule has 0 unspecified atom stereocenters. The van der Waals surface area contributed by atoms with Gasteiger partial charge in [-0.3, -0.25) is 0 Å². The summed E-state index contributed by atoms with van der Waals surface area (Å²) in [5.41, 5.74) is 1.36. The van der Waals surface area contributed by atoms with Gasteiger partial charge in [0.15, 0.2) is 6.61 Å². The summed E-state index contributed by atoms with van der Waals surface area (Å²) >= 11 is 0. The molecule has 0 aliphatic heterocycles. The van der Waals surface area contributed by atoms with Crippen LogP contribution < -0.4 is 15.4 Å². The molecule has 0 spiro atoms. The number of anilines is 1. The quantitative estimate of drug-likeness (QED) is 0.637. The minimum absolute atomic E-state index is 0.339. The number of carbonyl (C=O) groups is 2. The van der Waals surface area contributed by atoms with Crippen LogP contribution in [-0.4, -0.2) is 33.7 Å². The van der Waals surface area contributed by atoms with Gasteiger partial charge in [0.25, 0.3) is 0 Å². The van der Waals surface area contributed by atoms with Gasteiger partial charge in [-0.2, -0.15) is 0 Å². The minimum Gasteiger partial charge on any atom is -0.482 e. The molecule has 0 saturated carbocycles. The number of carbonyl (C=O) groups excluding carboxylic acids is 1. The molecule has 0 aliphatic rings. The van der Waals surface area contributed by atoms with Crippen LogP contribution >= 0.6 is 0 Å². The van der Waals surface area contributed by atoms with Gasteiger partial charge in [0, 0.05) is 11.9 Å². The van der Waals surface area contributed by atoms with E-state index in [2.05, 4.69) is 20.6 Å². The van der Waals surface area contributed by atoms with E-state index in [4.69, 9.17) is 9.84 Å². The molecule has 2 rings (SSSR count). The summed E-state index contributed by atoms with van der Waals surface area (Å²) in [6.07, 6.45) is 3.15. The van der Waals surface area contributed by atoms with E-state index < -0.39 is 12.6 Å². The fourth-order valence-electron chi connectivity index (χ4n) is 1.51. The van der Waals surface area contributed by atoms with Crippen molar-refractivity contribution in [3.05, 3.63) is 42.5 Å². The molecule has 8 nitrogen and oxygen atoms in total. The van der Waals surface area contributed by atoms with Crippen LogP contribution in [0.15, 0.2) is 36.8 Å². The SMILES string of the molecule is O=C(O)COc1ccc(NC(=O)NCc2cnc[nH]2)cc1. The van der Waals surface area contributed by atoms with Crippen LogP contribution in [0.1, 0.15) is 5.69 Å². The van der Waals surface area contributed by atoms with Crippen molar-refractivity contribution >= 4 is 17.7 Å². The first kappa shape index (κ1) is 14.4. The normalized spacial score (nSPS) is 9.90. The minimum atomic E-state index is -1.05. The van der Waals surface area contributed by atoms with Crippen LogP contribution in [-0.2, 0) is 11.3 Å². The Morgan fingerprint density at radius 1 is 1.29 bits per heavy atom. The number of urea groups is 1. The Morgan fingerprint density at radius 2 is 2.05 bits per heavy atom. The lowest BCUT2D eigenvalue weighted by atomic mass is 10.3. The predicted molar refractivity (Wildman–Crippen MR) is 74.0 cm³/mol. The second kappa shape index (κ2) is 6.94. The van der Waals surface area contributed by atoms with Crippen LogP contribution in [0.3, 0.4) is 0 Å². The highest BCUT2D eigenvalue weighted by molar-refractivity contribution is 5.89. The first-order valence-corrected chi connectivity index (χ1v) is 6.10. The lowest BCUT2D eigenvalue weighted by molar-refractivity contribution is -0.139. The highest BCUT2D eigenvalue weighted by Crippen LogP contribution is 2.15. The molecule has 0 saturated heterocycles. The van der Waals surface area contributed by atoms with Crippen LogP contribution in [0.5, 0.6) is 5.75 Å². The molecule has 1 aromatic carbocycles. The number of rotatable bonds is 6. The van der Waals surface area contributed by atoms with Gasteiger partial charge in [-0.05, 0) is 24.3 Å². The highest BCUT2D eigenvalue weighted by atomic mass is 16.5. The molecule has 4 N–H and O–H groups in total. The van der Waals surface area contributed by atoms with Crippen molar-refractivity contribution in [2.24, 2.45) is 0 Å². The number of aromatic amines is 1. The maximum Gasteiger partial charge on any atom is 0.341 e. The first-order valence-electron chi connectivity index (χ1n) is 6.10. The molecular formula is C13H14N4O4. The molecule has 0 bridgehead atoms. The third-order valence-corrected chi connectivity index (χ3v) is 2.47. The van der Waals surface area contributed by atoms with Crippen molar-refractivity contribution < 1.29 is 19.4 Å². The summed E-state index contributed by atoms with van der Waals surface area (Å²) in [5.74, 6) is -0.629. The number of hydrogen-bond acceptors (Lipinski definition) is 4. The van der Waals surface area contributed by atoms with Gasteiger partial charge in [0.2, 0.25) is 0 Å². The van der Waals surface area contributed by atoms with Gasteiger partial charge < -0.3 is 25.5 Å². The number of benzene rings is 1. The van der Waals surface area contributed by atoms with Crippen molar-refractivity contribution in [1.29, 1.82) is 0 Å². The van der Waals surface area contributed by atoms with Gasteiger partial charge in [0.05, 0.1) is 18.6 Å². The lowest BCUT2D eigenvalue weighted by Gasteiger charge is -2.08. The van der Waals surface area contributed by atoms with E-state index in [1.54, 1.807) is 30.5 Å². The Labute approximate surface area is 120 Å². The molecule has 0 atom stereocenters. The van der Waals surface area contributed by atoms with E-state index in [0.717, 1.165) is 5.69 Å². The highest BCUT2D eigenvalue weighted by Gasteiger charge is 2.03. The Bertz CT molecular complexity index is 595. The number of aromatic nitrogens is 2. The van der Waals surface area contributed by atoms with Gasteiger partial charge in [-0.1, -0.05) is 0 Å². The smallest absolute Gasteiger partial charge is 0.341 e. The number of H-pyrrole nitrogens is 1. The van der Waals surface area contributed by atoms with Crippen LogP contribution in [0, 0.1) is 0 Å². The second-order valence-corrected chi connectivity index (χ2v) is 4.09. The average Bonchev–Trinajstić information content (AvgIpc) is 2.98. The average molecular weight is 290 g/mol. The molecule has 8 heteroatoms. The maximum atomic E-state index is 11.6. The van der Waals surface area contributed by atoms with Crippen molar-refractivity contribution in [3.63, 3.8) is 0 Å². The number of carboxylic acid groups (broad SMARTS) is 1. The van der Waals surface area contributed by atoms with E-state index >= 15 is 0 Å². The second-order valence-electron chi connectivity index (χ2n) is 4.09. The number of amides is 2. The predicted octanol–water partition coefficient (Wildman–Crippen LogP) is 1.19. The fourth-order valence-corrected chi connectivity index (χ4v) is 1.51. The standard InChI is InChI=1S/C13H14N4O4/c18-12(19)7-21-11-3-1-9(2-4-11)17-13(20)15-6-10-5-14-8-16-10/h1-5,8H,6-7H2,(H,14,16)(H,18,19)(H2,15,17,20). The van der Waals surface area contributed by atoms with Gasteiger partial charge >= 0.3 is 12.0 Å². The van der Waals surface area contributed by atoms with E-state index in [0.29, 0.717) is 18.0 Å². The Hall–Kier alpha value is -3.03. The molecule has 0 fully saturated rings. The number of carboxylic acids is 1. The molecule has 1 aromatic heterocycles. The number of ether oxygens (including phenoxy) is 1. The van der Waals surface area contributed by atoms with Crippen molar-refractivity contribution in [1.82, 2.24) is 15.3 Å². The summed E-state index contributed by atoms with van der Waals surface area (Å²) in [5, 5.41) is 13.8. The van der Waals surface area contributed by atoms with Gasteiger partial charge in [-0.15, -0.1) is 0 Å². The van der Waals surface area contributed by atoms with Gasteiger partial charge in [0.1, 0.15) is 5.75 Å². The third kappa shape index (κ3) is 4.86. The first-order chi connectivity index (χ1) is 10.1. The molecule has 2 amide bonds. The molecule has 0 aliphatic carbocycles. The summed E-state index contributed by atoms with van der Waals surface area (Å²) in [4.78, 5) is 28.7. The monoisotopic (exact) mass is 290 g/mol. The third-order valence-electron chi connectivity index (χ3n) is 2.47. The maximum absolute atomic E-state index is 11.6. The lowest BCUT2D eigenvalue weighted by Crippen LogP contribution is -2.28. The molecule has 110 valence electrons. The number of imidazole rings is 1.